The number of nitrogens with one attached hydrogen (secondary N) is 2. The molecule has 0 bridgehead atoms. The Morgan fingerprint density at radius 3 is 2.17 bits per heavy atom. The second kappa shape index (κ2) is 10.2. The highest BCUT2D eigenvalue weighted by Crippen LogP contribution is 2.24. The molecule has 1 aromatic rings. The third-order valence-electron chi connectivity index (χ3n) is 3.66. The lowest BCUT2D eigenvalue weighted by atomic mass is 9.87. The number of urea groups is 1. The third kappa shape index (κ3) is 8.77. The predicted octanol–water partition coefficient (Wildman–Crippen LogP) is 3.00. The van der Waals surface area contributed by atoms with Crippen LogP contribution in [0.25, 0.3) is 0 Å². The van der Waals surface area contributed by atoms with Gasteiger partial charge in [0.25, 0.3) is 0 Å². The zero-order valence-electron chi connectivity index (χ0n) is 15.8. The molecule has 5 heteroatoms. The molecule has 0 radical (unpaired) electrons. The molecule has 24 heavy (non-hydrogen) atoms. The van der Waals surface area contributed by atoms with Gasteiger partial charge in [-0.1, -0.05) is 32.9 Å². The molecule has 2 amide bonds. The first kappa shape index (κ1) is 20.3. The fourth-order valence-corrected chi connectivity index (χ4v) is 2.17. The lowest BCUT2D eigenvalue weighted by Gasteiger charge is -2.19. The molecule has 0 saturated carbocycles. The van der Waals surface area contributed by atoms with Crippen LogP contribution in [0.15, 0.2) is 24.3 Å². The van der Waals surface area contributed by atoms with Crippen LogP contribution in [0.3, 0.4) is 0 Å². The summed E-state index contributed by atoms with van der Waals surface area (Å²) in [6, 6.07) is 8.11. The Hall–Kier alpha value is -1.75. The van der Waals surface area contributed by atoms with E-state index in [1.165, 1.54) is 5.56 Å². The minimum Gasteiger partial charge on any atom is -0.494 e. The van der Waals surface area contributed by atoms with Crippen LogP contribution in [0.5, 0.6) is 5.75 Å². The van der Waals surface area contributed by atoms with E-state index in [4.69, 9.17) is 4.74 Å². The van der Waals surface area contributed by atoms with Crippen LogP contribution in [-0.4, -0.2) is 51.3 Å². The van der Waals surface area contributed by atoms with Gasteiger partial charge in [0.1, 0.15) is 5.75 Å². The number of ether oxygens (including phenoxy) is 1. The van der Waals surface area contributed by atoms with Crippen molar-refractivity contribution in [1.29, 1.82) is 0 Å². The van der Waals surface area contributed by atoms with Crippen LogP contribution in [0.2, 0.25) is 0 Å². The molecule has 0 unspecified atom stereocenters. The number of carbonyl (C=O) groups excluding carboxylic acids is 1. The molecule has 0 atom stereocenters. The van der Waals surface area contributed by atoms with Gasteiger partial charge in [-0.3, -0.25) is 0 Å². The normalized spacial score (nSPS) is 11.4. The molecule has 5 nitrogen and oxygen atoms in total. The highest BCUT2D eigenvalue weighted by Gasteiger charge is 2.12. The first-order valence-corrected chi connectivity index (χ1v) is 8.69. The first-order valence-electron chi connectivity index (χ1n) is 8.69. The van der Waals surface area contributed by atoms with Gasteiger partial charge in [-0.2, -0.15) is 0 Å². The SMILES string of the molecule is CN(C)CCCNC(=O)NCCCOc1ccc(C(C)(C)C)cc1. The second-order valence-corrected chi connectivity index (χ2v) is 7.32. The summed E-state index contributed by atoms with van der Waals surface area (Å²) in [7, 11) is 4.05. The Bertz CT molecular complexity index is 478. The Morgan fingerprint density at radius 1 is 1.04 bits per heavy atom. The standard InChI is InChI=1S/C19H33N3O2/c1-19(2,3)16-8-10-17(11-9-16)24-15-7-13-21-18(23)20-12-6-14-22(4)5/h8-11H,6-7,12-15H2,1-5H3,(H2,20,21,23). The van der Waals surface area contributed by atoms with E-state index in [1.54, 1.807) is 0 Å². The molecule has 2 N–H and O–H groups in total. The topological polar surface area (TPSA) is 53.6 Å². The van der Waals surface area contributed by atoms with E-state index in [0.717, 1.165) is 25.1 Å². The summed E-state index contributed by atoms with van der Waals surface area (Å²) >= 11 is 0. The first-order chi connectivity index (χ1) is 11.3. The van der Waals surface area contributed by atoms with Crippen molar-refractivity contribution < 1.29 is 9.53 Å². The van der Waals surface area contributed by atoms with Crippen molar-refractivity contribution in [2.45, 2.75) is 39.0 Å². The van der Waals surface area contributed by atoms with E-state index in [-0.39, 0.29) is 11.4 Å². The summed E-state index contributed by atoms with van der Waals surface area (Å²) in [5.41, 5.74) is 1.45. The highest BCUT2D eigenvalue weighted by atomic mass is 16.5. The Labute approximate surface area is 146 Å². The molecular formula is C19H33N3O2. The number of amides is 2. The minimum atomic E-state index is -0.108. The van der Waals surface area contributed by atoms with Gasteiger partial charge in [-0.15, -0.1) is 0 Å². The van der Waals surface area contributed by atoms with Crippen molar-refractivity contribution in [3.8, 4) is 5.75 Å². The van der Waals surface area contributed by atoms with Gasteiger partial charge in [0.15, 0.2) is 0 Å². The van der Waals surface area contributed by atoms with Crippen molar-refractivity contribution in [2.24, 2.45) is 0 Å². The van der Waals surface area contributed by atoms with Crippen molar-refractivity contribution in [3.63, 3.8) is 0 Å². The zero-order valence-corrected chi connectivity index (χ0v) is 15.8. The van der Waals surface area contributed by atoms with Crippen molar-refractivity contribution in [2.75, 3.05) is 40.3 Å². The monoisotopic (exact) mass is 335 g/mol. The van der Waals surface area contributed by atoms with Crippen LogP contribution in [-0.2, 0) is 5.41 Å². The summed E-state index contributed by atoms with van der Waals surface area (Å²) < 4.78 is 5.70. The summed E-state index contributed by atoms with van der Waals surface area (Å²) in [5.74, 6) is 0.871. The van der Waals surface area contributed by atoms with Gasteiger partial charge in [0.2, 0.25) is 0 Å². The Balaban J connectivity index is 2.10. The van der Waals surface area contributed by atoms with Gasteiger partial charge in [0, 0.05) is 13.1 Å². The molecule has 1 aromatic carbocycles. The zero-order chi connectivity index (χ0) is 18.0. The molecule has 0 aliphatic heterocycles. The molecule has 136 valence electrons. The maximum Gasteiger partial charge on any atom is 0.314 e. The van der Waals surface area contributed by atoms with Crippen molar-refractivity contribution in [1.82, 2.24) is 15.5 Å². The number of carbonyl (C=O) groups is 1. The summed E-state index contributed by atoms with van der Waals surface area (Å²) in [6.45, 7) is 9.46. The summed E-state index contributed by atoms with van der Waals surface area (Å²) in [5, 5.41) is 5.69. The van der Waals surface area contributed by atoms with E-state index < -0.39 is 0 Å². The van der Waals surface area contributed by atoms with E-state index in [0.29, 0.717) is 19.7 Å². The fourth-order valence-electron chi connectivity index (χ4n) is 2.17. The van der Waals surface area contributed by atoms with Crippen LogP contribution in [0.1, 0.15) is 39.2 Å². The fraction of sp³-hybridized carbons (Fsp3) is 0.632. The smallest absolute Gasteiger partial charge is 0.314 e. The number of rotatable bonds is 9. The van der Waals surface area contributed by atoms with Crippen molar-refractivity contribution >= 4 is 6.03 Å². The largest absolute Gasteiger partial charge is 0.494 e. The molecule has 0 aliphatic rings. The maximum absolute atomic E-state index is 11.6. The van der Waals surface area contributed by atoms with Crippen LogP contribution < -0.4 is 15.4 Å². The number of benzene rings is 1. The van der Waals surface area contributed by atoms with Crippen LogP contribution in [0.4, 0.5) is 4.79 Å². The van der Waals surface area contributed by atoms with Gasteiger partial charge in [-0.05, 0) is 56.6 Å². The minimum absolute atomic E-state index is 0.108. The molecule has 1 rings (SSSR count). The molecule has 0 saturated heterocycles. The number of hydrogen-bond donors (Lipinski definition) is 2. The maximum atomic E-state index is 11.6. The number of nitrogens with zero attached hydrogens (tertiary/aromatic N) is 1. The van der Waals surface area contributed by atoms with Gasteiger partial charge in [-0.25, -0.2) is 4.79 Å². The average Bonchev–Trinajstić information content (AvgIpc) is 2.50. The second-order valence-electron chi connectivity index (χ2n) is 7.32. The Kier molecular flexibility index (Phi) is 8.61. The third-order valence-corrected chi connectivity index (χ3v) is 3.66. The van der Waals surface area contributed by atoms with E-state index in [9.17, 15) is 4.79 Å². The van der Waals surface area contributed by atoms with Crippen molar-refractivity contribution in [3.05, 3.63) is 29.8 Å². The predicted molar refractivity (Wildman–Crippen MR) is 99.8 cm³/mol. The average molecular weight is 335 g/mol. The molecule has 0 spiro atoms. The van der Waals surface area contributed by atoms with Gasteiger partial charge < -0.3 is 20.3 Å². The van der Waals surface area contributed by atoms with Crippen LogP contribution in [0, 0.1) is 0 Å². The number of hydrogen-bond acceptors (Lipinski definition) is 3. The van der Waals surface area contributed by atoms with Crippen LogP contribution >= 0.6 is 0 Å². The molecular weight excluding hydrogens is 302 g/mol. The van der Waals surface area contributed by atoms with E-state index in [1.807, 2.05) is 26.2 Å². The highest BCUT2D eigenvalue weighted by molar-refractivity contribution is 5.73. The summed E-state index contributed by atoms with van der Waals surface area (Å²) in [6.07, 6.45) is 1.74. The Morgan fingerprint density at radius 2 is 1.62 bits per heavy atom. The molecule has 0 heterocycles. The van der Waals surface area contributed by atoms with E-state index >= 15 is 0 Å². The lowest BCUT2D eigenvalue weighted by Crippen LogP contribution is -2.37. The lowest BCUT2D eigenvalue weighted by molar-refractivity contribution is 0.238. The van der Waals surface area contributed by atoms with Gasteiger partial charge >= 0.3 is 6.03 Å². The molecule has 0 fully saturated rings. The molecule has 0 aliphatic carbocycles. The summed E-state index contributed by atoms with van der Waals surface area (Å²) in [4.78, 5) is 13.7. The molecule has 0 aromatic heterocycles. The quantitative estimate of drug-likeness (QED) is 0.682. The van der Waals surface area contributed by atoms with E-state index in [2.05, 4.69) is 48.4 Å². The van der Waals surface area contributed by atoms with Gasteiger partial charge in [0.05, 0.1) is 6.61 Å².